The summed E-state index contributed by atoms with van der Waals surface area (Å²) in [5, 5.41) is 10.1. The lowest BCUT2D eigenvalue weighted by atomic mass is 9.75. The van der Waals surface area contributed by atoms with E-state index in [1.807, 2.05) is 38.2 Å². The second-order valence-corrected chi connectivity index (χ2v) is 6.27. The van der Waals surface area contributed by atoms with E-state index in [2.05, 4.69) is 27.0 Å². The molecule has 0 bridgehead atoms. The van der Waals surface area contributed by atoms with E-state index >= 15 is 0 Å². The van der Waals surface area contributed by atoms with Gasteiger partial charge in [0.1, 0.15) is 0 Å². The molecule has 1 aromatic carbocycles. The largest absolute Gasteiger partial charge is 0.395 e. The van der Waals surface area contributed by atoms with Crippen LogP contribution in [0.1, 0.15) is 29.7 Å². The average molecular weight is 297 g/mol. The molecule has 0 amide bonds. The minimum Gasteiger partial charge on any atom is -0.395 e. The fourth-order valence-corrected chi connectivity index (χ4v) is 3.22. The predicted molar refractivity (Wildman–Crippen MR) is 88.2 cm³/mol. The van der Waals surface area contributed by atoms with Gasteiger partial charge in [-0.15, -0.1) is 0 Å². The van der Waals surface area contributed by atoms with Gasteiger partial charge in [0, 0.05) is 30.4 Å². The first-order chi connectivity index (χ1) is 10.6. The number of aryl methyl sites for hydroxylation is 2. The molecule has 1 atom stereocenters. The first-order valence-electron chi connectivity index (χ1n) is 7.86. The Morgan fingerprint density at radius 3 is 2.68 bits per heavy atom. The van der Waals surface area contributed by atoms with Crippen LogP contribution in [0.4, 0.5) is 5.95 Å². The minimum absolute atomic E-state index is 0.151. The Bertz CT molecular complexity index is 644. The molecule has 3 rings (SSSR count). The van der Waals surface area contributed by atoms with Crippen LogP contribution in [-0.4, -0.2) is 34.8 Å². The van der Waals surface area contributed by atoms with Crippen molar-refractivity contribution in [2.75, 3.05) is 24.6 Å². The molecule has 0 saturated carbocycles. The molecule has 1 fully saturated rings. The number of rotatable bonds is 3. The number of hydrogen-bond donors (Lipinski definition) is 1. The number of anilines is 1. The lowest BCUT2D eigenvalue weighted by Gasteiger charge is -2.42. The van der Waals surface area contributed by atoms with E-state index in [4.69, 9.17) is 0 Å². The van der Waals surface area contributed by atoms with Gasteiger partial charge < -0.3 is 10.0 Å². The van der Waals surface area contributed by atoms with Gasteiger partial charge in [0.25, 0.3) is 0 Å². The van der Waals surface area contributed by atoms with E-state index < -0.39 is 0 Å². The summed E-state index contributed by atoms with van der Waals surface area (Å²) in [5.41, 5.74) is 3.11. The van der Waals surface area contributed by atoms with E-state index in [1.165, 1.54) is 5.56 Å². The summed E-state index contributed by atoms with van der Waals surface area (Å²) in [4.78, 5) is 11.3. The van der Waals surface area contributed by atoms with Gasteiger partial charge in [-0.1, -0.05) is 30.3 Å². The molecule has 0 radical (unpaired) electrons. The van der Waals surface area contributed by atoms with Crippen LogP contribution < -0.4 is 4.90 Å². The normalized spacial score (nSPS) is 21.9. The summed E-state index contributed by atoms with van der Waals surface area (Å²) in [6.07, 6.45) is 3.91. The molecule has 116 valence electrons. The SMILES string of the molecule is Cc1cnc(N2CCCC(CO)(c3ccccc3)C2)nc1C. The number of aliphatic hydroxyl groups is 1. The van der Waals surface area contributed by atoms with Crippen LogP contribution in [0.3, 0.4) is 0 Å². The maximum absolute atomic E-state index is 10.1. The molecule has 22 heavy (non-hydrogen) atoms. The van der Waals surface area contributed by atoms with Crippen molar-refractivity contribution in [3.05, 3.63) is 53.3 Å². The molecule has 1 saturated heterocycles. The zero-order chi connectivity index (χ0) is 15.6. The average Bonchev–Trinajstić information content (AvgIpc) is 2.58. The van der Waals surface area contributed by atoms with E-state index in [0.29, 0.717) is 0 Å². The monoisotopic (exact) mass is 297 g/mol. The Morgan fingerprint density at radius 1 is 1.23 bits per heavy atom. The van der Waals surface area contributed by atoms with Gasteiger partial charge in [-0.05, 0) is 37.8 Å². The van der Waals surface area contributed by atoms with Crippen molar-refractivity contribution in [1.29, 1.82) is 0 Å². The lowest BCUT2D eigenvalue weighted by molar-refractivity contribution is 0.172. The summed E-state index contributed by atoms with van der Waals surface area (Å²) in [6, 6.07) is 10.3. The highest BCUT2D eigenvalue weighted by atomic mass is 16.3. The first kappa shape index (κ1) is 15.0. The Morgan fingerprint density at radius 2 is 2.00 bits per heavy atom. The fourth-order valence-electron chi connectivity index (χ4n) is 3.22. The van der Waals surface area contributed by atoms with Crippen molar-refractivity contribution in [3.8, 4) is 0 Å². The summed E-state index contributed by atoms with van der Waals surface area (Å²) in [6.45, 7) is 5.89. The van der Waals surface area contributed by atoms with Gasteiger partial charge in [0.15, 0.2) is 0 Å². The van der Waals surface area contributed by atoms with E-state index in [0.717, 1.165) is 43.1 Å². The zero-order valence-corrected chi connectivity index (χ0v) is 13.3. The van der Waals surface area contributed by atoms with Crippen molar-refractivity contribution in [2.45, 2.75) is 32.1 Å². The molecular formula is C18H23N3O. The summed E-state index contributed by atoms with van der Waals surface area (Å²) < 4.78 is 0. The Balaban J connectivity index is 1.91. The highest BCUT2D eigenvalue weighted by molar-refractivity contribution is 5.38. The van der Waals surface area contributed by atoms with Crippen molar-refractivity contribution in [2.24, 2.45) is 0 Å². The second kappa shape index (κ2) is 6.05. The Kier molecular flexibility index (Phi) is 4.12. The Hall–Kier alpha value is -1.94. The van der Waals surface area contributed by atoms with Gasteiger partial charge in [-0.25, -0.2) is 9.97 Å². The van der Waals surface area contributed by atoms with Crippen LogP contribution in [0.15, 0.2) is 36.5 Å². The maximum atomic E-state index is 10.1. The zero-order valence-electron chi connectivity index (χ0n) is 13.3. The third kappa shape index (κ3) is 2.71. The van der Waals surface area contributed by atoms with Crippen LogP contribution in [-0.2, 0) is 5.41 Å². The molecule has 2 heterocycles. The number of aromatic nitrogens is 2. The van der Waals surface area contributed by atoms with Crippen molar-refractivity contribution >= 4 is 5.95 Å². The number of aliphatic hydroxyl groups excluding tert-OH is 1. The van der Waals surface area contributed by atoms with Gasteiger partial charge in [-0.3, -0.25) is 0 Å². The standard InChI is InChI=1S/C18H23N3O/c1-14-11-19-17(20-15(14)2)21-10-6-9-18(12-21,13-22)16-7-4-3-5-8-16/h3-5,7-8,11,22H,6,9-10,12-13H2,1-2H3. The molecule has 2 aromatic rings. The highest BCUT2D eigenvalue weighted by Gasteiger charge is 2.37. The minimum atomic E-state index is -0.221. The predicted octanol–water partition coefficient (Wildman–Crippen LogP) is 2.62. The number of piperidine rings is 1. The molecule has 4 nitrogen and oxygen atoms in total. The molecule has 0 aliphatic carbocycles. The second-order valence-electron chi connectivity index (χ2n) is 6.27. The topological polar surface area (TPSA) is 49.2 Å². The summed E-state index contributed by atoms with van der Waals surface area (Å²) in [5.74, 6) is 0.775. The molecule has 0 spiro atoms. The van der Waals surface area contributed by atoms with Crippen LogP contribution in [0.5, 0.6) is 0 Å². The third-order valence-corrected chi connectivity index (χ3v) is 4.76. The van der Waals surface area contributed by atoms with Crippen molar-refractivity contribution < 1.29 is 5.11 Å². The van der Waals surface area contributed by atoms with Crippen LogP contribution >= 0.6 is 0 Å². The lowest BCUT2D eigenvalue weighted by Crippen LogP contribution is -2.49. The van der Waals surface area contributed by atoms with Crippen molar-refractivity contribution in [1.82, 2.24) is 9.97 Å². The van der Waals surface area contributed by atoms with Gasteiger partial charge in [-0.2, -0.15) is 0 Å². The van der Waals surface area contributed by atoms with E-state index in [9.17, 15) is 5.11 Å². The Labute approximate surface area is 131 Å². The molecule has 4 heteroatoms. The smallest absolute Gasteiger partial charge is 0.225 e. The number of nitrogens with zero attached hydrogens (tertiary/aromatic N) is 3. The van der Waals surface area contributed by atoms with Gasteiger partial charge in [0.05, 0.1) is 6.61 Å². The van der Waals surface area contributed by atoms with Crippen LogP contribution in [0, 0.1) is 13.8 Å². The van der Waals surface area contributed by atoms with E-state index in [1.54, 1.807) is 0 Å². The molecule has 1 N–H and O–H groups in total. The number of hydrogen-bond acceptors (Lipinski definition) is 4. The summed E-state index contributed by atoms with van der Waals surface area (Å²) >= 11 is 0. The molecule has 1 unspecified atom stereocenters. The first-order valence-corrected chi connectivity index (χ1v) is 7.86. The molecule has 1 aliphatic rings. The molecule has 1 aromatic heterocycles. The third-order valence-electron chi connectivity index (χ3n) is 4.76. The van der Waals surface area contributed by atoms with Gasteiger partial charge >= 0.3 is 0 Å². The quantitative estimate of drug-likeness (QED) is 0.946. The molecule has 1 aliphatic heterocycles. The van der Waals surface area contributed by atoms with E-state index in [-0.39, 0.29) is 12.0 Å². The number of benzene rings is 1. The van der Waals surface area contributed by atoms with Gasteiger partial charge in [0.2, 0.25) is 5.95 Å². The fraction of sp³-hybridized carbons (Fsp3) is 0.444. The molecular weight excluding hydrogens is 274 g/mol. The van der Waals surface area contributed by atoms with Crippen LogP contribution in [0.25, 0.3) is 0 Å². The van der Waals surface area contributed by atoms with Crippen molar-refractivity contribution in [3.63, 3.8) is 0 Å². The highest BCUT2D eigenvalue weighted by Crippen LogP contribution is 2.34. The maximum Gasteiger partial charge on any atom is 0.225 e. The van der Waals surface area contributed by atoms with Crippen LogP contribution in [0.2, 0.25) is 0 Å². The summed E-state index contributed by atoms with van der Waals surface area (Å²) in [7, 11) is 0.